The van der Waals surface area contributed by atoms with Crippen molar-refractivity contribution in [3.05, 3.63) is 59.7 Å². The van der Waals surface area contributed by atoms with E-state index in [4.69, 9.17) is 19.9 Å². The van der Waals surface area contributed by atoms with E-state index in [-0.39, 0.29) is 43.4 Å². The molecule has 2 N–H and O–H groups in total. The normalized spacial score (nSPS) is 15.0. The number of fused-ring (bicyclic) bond motifs is 1. The molecule has 162 valence electrons. The number of nitrogens with zero attached hydrogens (tertiary/aromatic N) is 1. The van der Waals surface area contributed by atoms with Crippen molar-refractivity contribution in [1.82, 2.24) is 4.90 Å². The van der Waals surface area contributed by atoms with Crippen molar-refractivity contribution in [2.75, 3.05) is 33.9 Å². The molecule has 3 rings (SSSR count). The van der Waals surface area contributed by atoms with Gasteiger partial charge in [0.2, 0.25) is 0 Å². The number of hydrogen-bond donors (Lipinski definition) is 1. The summed E-state index contributed by atoms with van der Waals surface area (Å²) in [6.45, 7) is 2.09. The first kappa shape index (κ1) is 25.4. The molecule has 0 aromatic heterocycles. The number of hydrogen-bond acceptors (Lipinski definition) is 6. The Labute approximate surface area is 208 Å². The first-order valence-corrected chi connectivity index (χ1v) is 10.3. The van der Waals surface area contributed by atoms with Gasteiger partial charge < -0.3 is 20.5 Å². The van der Waals surface area contributed by atoms with Gasteiger partial charge in [-0.3, -0.25) is 10.5 Å². The molecule has 1 aliphatic rings. The summed E-state index contributed by atoms with van der Waals surface area (Å²) in [6, 6.07) is 13.0. The summed E-state index contributed by atoms with van der Waals surface area (Å²) in [5.74, 6) is 1.62. The predicted molar refractivity (Wildman–Crippen MR) is 119 cm³/mol. The van der Waals surface area contributed by atoms with Crippen LogP contribution in [-0.2, 0) is 0 Å². The van der Waals surface area contributed by atoms with Gasteiger partial charge in [0, 0.05) is 0 Å². The summed E-state index contributed by atoms with van der Waals surface area (Å²) in [4.78, 5) is 14.8. The second kappa shape index (κ2) is 12.9. The molecule has 0 fully saturated rings. The Morgan fingerprint density at radius 1 is 1.19 bits per heavy atom. The third-order valence-electron chi connectivity index (χ3n) is 4.74. The quantitative estimate of drug-likeness (QED) is 0.259. The maximum absolute atomic E-state index is 12.6. The Morgan fingerprint density at radius 3 is 2.71 bits per heavy atom. The summed E-state index contributed by atoms with van der Waals surface area (Å²) in [6.07, 6.45) is 6.11. The van der Waals surface area contributed by atoms with Crippen LogP contribution in [0.4, 0.5) is 0 Å². The Hall–Kier alpha value is -1.83. The van der Waals surface area contributed by atoms with Gasteiger partial charge in [0.05, 0.1) is 12.2 Å². The van der Waals surface area contributed by atoms with Crippen LogP contribution in [0.5, 0.6) is 17.2 Å². The fraction of sp³-hybridized carbons (Fsp3) is 0.375. The summed E-state index contributed by atoms with van der Waals surface area (Å²) in [5.41, 5.74) is 7.13. The van der Waals surface area contributed by atoms with Crippen molar-refractivity contribution < 1.29 is 50.0 Å². The number of nitrogens with two attached hydrogens (primary N) is 1. The molecule has 2 aromatic carbocycles. The van der Waals surface area contributed by atoms with Crippen LogP contribution >= 0.6 is 0 Å². The SMILES string of the molecule is CN(C)CCCCCOc1ccc(C=CC(=O)c2cccc3c2OC(N)CO3)cc1.[H-].[Na+]. The molecule has 0 aliphatic carbocycles. The molecule has 0 saturated carbocycles. The number of unbranched alkanes of at least 4 members (excludes halogenated alkanes) is 2. The number of carbonyl (C=O) groups is 1. The molecular formula is C24H31N2NaO4. The monoisotopic (exact) mass is 434 g/mol. The van der Waals surface area contributed by atoms with E-state index in [1.807, 2.05) is 24.3 Å². The van der Waals surface area contributed by atoms with E-state index in [1.54, 1.807) is 24.3 Å². The van der Waals surface area contributed by atoms with Gasteiger partial charge >= 0.3 is 29.6 Å². The van der Waals surface area contributed by atoms with E-state index in [1.165, 1.54) is 12.5 Å². The van der Waals surface area contributed by atoms with E-state index in [0.29, 0.717) is 23.7 Å². The van der Waals surface area contributed by atoms with Gasteiger partial charge in [-0.1, -0.05) is 24.3 Å². The molecular weight excluding hydrogens is 403 g/mol. The number of benzene rings is 2. The topological polar surface area (TPSA) is 74.0 Å². The number of ketones is 1. The van der Waals surface area contributed by atoms with E-state index in [2.05, 4.69) is 19.0 Å². The van der Waals surface area contributed by atoms with Gasteiger partial charge in [-0.25, -0.2) is 0 Å². The number of carbonyl (C=O) groups excluding carboxylic acids is 1. The van der Waals surface area contributed by atoms with Crippen LogP contribution in [0.1, 0.15) is 36.6 Å². The molecule has 0 bridgehead atoms. The molecule has 31 heavy (non-hydrogen) atoms. The van der Waals surface area contributed by atoms with Crippen LogP contribution < -0.4 is 49.5 Å². The first-order chi connectivity index (χ1) is 14.5. The molecule has 0 spiro atoms. The summed E-state index contributed by atoms with van der Waals surface area (Å²) >= 11 is 0. The van der Waals surface area contributed by atoms with Crippen LogP contribution in [0.25, 0.3) is 6.08 Å². The smallest absolute Gasteiger partial charge is 1.00 e. The molecule has 1 unspecified atom stereocenters. The standard InChI is InChI=1S/C24H30N2O4.Na.H/c1-26(2)15-4-3-5-16-28-19-12-9-18(10-13-19)11-14-21(27)20-7-6-8-22-24(20)30-23(25)17-29-22;;/h6-14,23H,3-5,15-17,25H2,1-2H3;;/q;+1;-1. The molecule has 6 nitrogen and oxygen atoms in total. The molecule has 7 heteroatoms. The zero-order valence-corrected chi connectivity index (χ0v) is 20.7. The summed E-state index contributed by atoms with van der Waals surface area (Å²) in [7, 11) is 4.18. The minimum Gasteiger partial charge on any atom is -1.00 e. The Morgan fingerprint density at radius 2 is 1.97 bits per heavy atom. The Kier molecular flexibility index (Phi) is 10.6. The Balaban J connectivity index is 0.00000256. The molecule has 0 amide bonds. The third kappa shape index (κ3) is 7.98. The van der Waals surface area contributed by atoms with Crippen molar-refractivity contribution in [2.24, 2.45) is 5.73 Å². The second-order valence-corrected chi connectivity index (χ2v) is 7.58. The number of allylic oxidation sites excluding steroid dienone is 1. The van der Waals surface area contributed by atoms with E-state index >= 15 is 0 Å². The predicted octanol–water partition coefficient (Wildman–Crippen LogP) is 0.866. The van der Waals surface area contributed by atoms with Crippen molar-refractivity contribution in [3.8, 4) is 17.2 Å². The van der Waals surface area contributed by atoms with E-state index in [9.17, 15) is 4.79 Å². The minimum absolute atomic E-state index is 0. The van der Waals surface area contributed by atoms with Crippen molar-refractivity contribution in [2.45, 2.75) is 25.5 Å². The average Bonchev–Trinajstić information content (AvgIpc) is 2.74. The molecule has 1 aliphatic heterocycles. The largest absolute Gasteiger partial charge is 1.00 e. The van der Waals surface area contributed by atoms with Gasteiger partial charge in [0.1, 0.15) is 12.4 Å². The van der Waals surface area contributed by atoms with Crippen LogP contribution in [0.2, 0.25) is 0 Å². The van der Waals surface area contributed by atoms with Crippen molar-refractivity contribution >= 4 is 11.9 Å². The van der Waals surface area contributed by atoms with Crippen LogP contribution in [0, 0.1) is 0 Å². The summed E-state index contributed by atoms with van der Waals surface area (Å²) in [5, 5.41) is 0. The fourth-order valence-electron chi connectivity index (χ4n) is 3.14. The van der Waals surface area contributed by atoms with Crippen LogP contribution in [0.3, 0.4) is 0 Å². The Bertz CT molecular complexity index is 875. The van der Waals surface area contributed by atoms with Crippen LogP contribution in [0.15, 0.2) is 48.5 Å². The first-order valence-electron chi connectivity index (χ1n) is 10.3. The van der Waals surface area contributed by atoms with Gasteiger partial charge in [-0.05, 0) is 75.8 Å². The number of para-hydroxylation sites is 1. The van der Waals surface area contributed by atoms with Gasteiger partial charge in [0.25, 0.3) is 0 Å². The van der Waals surface area contributed by atoms with Gasteiger partial charge in [0.15, 0.2) is 23.5 Å². The van der Waals surface area contributed by atoms with Crippen molar-refractivity contribution in [1.29, 1.82) is 0 Å². The fourth-order valence-corrected chi connectivity index (χ4v) is 3.14. The van der Waals surface area contributed by atoms with Crippen LogP contribution in [-0.4, -0.2) is 50.8 Å². The summed E-state index contributed by atoms with van der Waals surface area (Å²) < 4.78 is 16.9. The van der Waals surface area contributed by atoms with Gasteiger partial charge in [-0.15, -0.1) is 0 Å². The maximum Gasteiger partial charge on any atom is 1.00 e. The molecule has 1 atom stereocenters. The zero-order chi connectivity index (χ0) is 21.3. The van der Waals surface area contributed by atoms with Crippen molar-refractivity contribution in [3.63, 3.8) is 0 Å². The average molecular weight is 435 g/mol. The number of ether oxygens (including phenoxy) is 3. The molecule has 2 aromatic rings. The molecule has 1 heterocycles. The molecule has 0 saturated heterocycles. The molecule has 0 radical (unpaired) electrons. The van der Waals surface area contributed by atoms with Gasteiger partial charge in [-0.2, -0.15) is 0 Å². The zero-order valence-electron chi connectivity index (χ0n) is 19.7. The van der Waals surface area contributed by atoms with E-state index in [0.717, 1.165) is 30.7 Å². The van der Waals surface area contributed by atoms with E-state index < -0.39 is 6.23 Å². The third-order valence-corrected chi connectivity index (χ3v) is 4.74. The minimum atomic E-state index is -0.573. The maximum atomic E-state index is 12.6. The second-order valence-electron chi connectivity index (χ2n) is 7.58. The number of rotatable bonds is 10.